The first-order valence-electron chi connectivity index (χ1n) is 6.42. The van der Waals surface area contributed by atoms with Crippen LogP contribution in [0.4, 0.5) is 10.1 Å². The summed E-state index contributed by atoms with van der Waals surface area (Å²) in [6.07, 6.45) is 0.750. The quantitative estimate of drug-likeness (QED) is 0.801. The molecule has 0 saturated carbocycles. The highest BCUT2D eigenvalue weighted by atomic mass is 19.1. The molecule has 0 atom stereocenters. The van der Waals surface area contributed by atoms with E-state index in [4.69, 9.17) is 5.11 Å². The van der Waals surface area contributed by atoms with E-state index in [1.807, 2.05) is 6.92 Å². The number of carboxylic acid groups (broad SMARTS) is 1. The van der Waals surface area contributed by atoms with Crippen LogP contribution in [0, 0.1) is 12.7 Å². The first kappa shape index (κ1) is 16.1. The minimum atomic E-state index is -0.979. The number of halogens is 1. The van der Waals surface area contributed by atoms with Crippen LogP contribution in [0.5, 0.6) is 0 Å². The Morgan fingerprint density at radius 3 is 2.65 bits per heavy atom. The van der Waals surface area contributed by atoms with Gasteiger partial charge in [-0.15, -0.1) is 0 Å². The zero-order valence-corrected chi connectivity index (χ0v) is 11.6. The van der Waals surface area contributed by atoms with Gasteiger partial charge < -0.3 is 10.4 Å². The van der Waals surface area contributed by atoms with Gasteiger partial charge >= 0.3 is 5.97 Å². The van der Waals surface area contributed by atoms with Gasteiger partial charge in [-0.3, -0.25) is 14.5 Å². The number of anilines is 1. The van der Waals surface area contributed by atoms with Crippen molar-refractivity contribution >= 4 is 17.6 Å². The number of nitrogens with zero attached hydrogens (tertiary/aromatic N) is 1. The van der Waals surface area contributed by atoms with E-state index >= 15 is 0 Å². The van der Waals surface area contributed by atoms with Crippen LogP contribution in [0.3, 0.4) is 0 Å². The second-order valence-corrected chi connectivity index (χ2v) is 4.61. The first-order chi connectivity index (χ1) is 9.42. The second-order valence-electron chi connectivity index (χ2n) is 4.61. The molecule has 0 aliphatic heterocycles. The molecule has 110 valence electrons. The molecule has 0 aliphatic rings. The molecule has 0 radical (unpaired) electrons. The average Bonchev–Trinajstić information content (AvgIpc) is 2.33. The number of carbonyl (C=O) groups excluding carboxylic acids is 1. The third-order valence-electron chi connectivity index (χ3n) is 2.74. The van der Waals surface area contributed by atoms with Gasteiger partial charge in [0, 0.05) is 5.69 Å². The minimum Gasteiger partial charge on any atom is -0.480 e. The van der Waals surface area contributed by atoms with Gasteiger partial charge in [0.05, 0.1) is 13.1 Å². The molecule has 2 N–H and O–H groups in total. The van der Waals surface area contributed by atoms with Gasteiger partial charge in [-0.2, -0.15) is 0 Å². The number of nitrogens with one attached hydrogen (secondary N) is 1. The maximum absolute atomic E-state index is 13.1. The summed E-state index contributed by atoms with van der Waals surface area (Å²) in [6, 6.07) is 4.14. The number of rotatable bonds is 7. The van der Waals surface area contributed by atoms with Crippen LogP contribution in [0.25, 0.3) is 0 Å². The Bertz CT molecular complexity index is 491. The van der Waals surface area contributed by atoms with Crippen LogP contribution in [0.2, 0.25) is 0 Å². The van der Waals surface area contributed by atoms with Gasteiger partial charge in [-0.25, -0.2) is 4.39 Å². The molecule has 1 aromatic rings. The molecule has 5 nitrogen and oxygen atoms in total. The summed E-state index contributed by atoms with van der Waals surface area (Å²) >= 11 is 0. The molecule has 0 fully saturated rings. The number of hydrogen-bond acceptors (Lipinski definition) is 3. The van der Waals surface area contributed by atoms with Crippen LogP contribution in [-0.2, 0) is 9.59 Å². The summed E-state index contributed by atoms with van der Waals surface area (Å²) in [6.45, 7) is 3.96. The highest BCUT2D eigenvalue weighted by molar-refractivity contribution is 5.93. The molecule has 0 saturated heterocycles. The van der Waals surface area contributed by atoms with Crippen molar-refractivity contribution in [3.63, 3.8) is 0 Å². The molecule has 0 unspecified atom stereocenters. The molecular weight excluding hydrogens is 263 g/mol. The summed E-state index contributed by atoms with van der Waals surface area (Å²) in [7, 11) is 0. The van der Waals surface area contributed by atoms with E-state index in [0.717, 1.165) is 12.0 Å². The number of aliphatic carboxylic acids is 1. The third-order valence-corrected chi connectivity index (χ3v) is 2.74. The third kappa shape index (κ3) is 5.36. The number of carboxylic acids is 1. The SMILES string of the molecule is CCCN(CC(=O)O)CC(=O)Nc1cc(F)ccc1C. The lowest BCUT2D eigenvalue weighted by Gasteiger charge is -2.19. The van der Waals surface area contributed by atoms with E-state index in [9.17, 15) is 14.0 Å². The van der Waals surface area contributed by atoms with Gasteiger partial charge in [-0.1, -0.05) is 13.0 Å². The highest BCUT2D eigenvalue weighted by Crippen LogP contribution is 2.15. The normalized spacial score (nSPS) is 10.6. The number of carbonyl (C=O) groups is 2. The summed E-state index contributed by atoms with van der Waals surface area (Å²) < 4.78 is 13.1. The Kier molecular flexibility index (Phi) is 6.11. The Hall–Kier alpha value is -1.95. The predicted molar refractivity (Wildman–Crippen MR) is 74.1 cm³/mol. The van der Waals surface area contributed by atoms with Crippen LogP contribution in [-0.4, -0.2) is 41.5 Å². The molecule has 0 heterocycles. The molecule has 1 rings (SSSR count). The lowest BCUT2D eigenvalue weighted by Crippen LogP contribution is -2.37. The van der Waals surface area contributed by atoms with Crippen LogP contribution >= 0.6 is 0 Å². The number of aryl methyl sites for hydroxylation is 1. The standard InChI is InChI=1S/C14H19FN2O3/c1-3-6-17(9-14(19)20)8-13(18)16-12-7-11(15)5-4-10(12)2/h4-5,7H,3,6,8-9H2,1-2H3,(H,16,18)(H,19,20). The maximum Gasteiger partial charge on any atom is 0.317 e. The Labute approximate surface area is 117 Å². The first-order valence-corrected chi connectivity index (χ1v) is 6.42. The van der Waals surface area contributed by atoms with Crippen molar-refractivity contribution in [3.05, 3.63) is 29.6 Å². The van der Waals surface area contributed by atoms with E-state index in [-0.39, 0.29) is 19.0 Å². The smallest absolute Gasteiger partial charge is 0.317 e. The lowest BCUT2D eigenvalue weighted by atomic mass is 10.2. The van der Waals surface area contributed by atoms with E-state index < -0.39 is 11.8 Å². The number of hydrogen-bond donors (Lipinski definition) is 2. The Morgan fingerprint density at radius 1 is 1.35 bits per heavy atom. The van der Waals surface area contributed by atoms with Crippen molar-refractivity contribution in [1.82, 2.24) is 4.90 Å². The minimum absolute atomic E-state index is 0.0317. The molecule has 0 aliphatic carbocycles. The van der Waals surface area contributed by atoms with Crippen molar-refractivity contribution in [3.8, 4) is 0 Å². The molecule has 1 aromatic carbocycles. The molecule has 0 aromatic heterocycles. The fraction of sp³-hybridized carbons (Fsp3) is 0.429. The van der Waals surface area contributed by atoms with Crippen molar-refractivity contribution in [2.75, 3.05) is 25.0 Å². The van der Waals surface area contributed by atoms with Crippen molar-refractivity contribution < 1.29 is 19.1 Å². The van der Waals surface area contributed by atoms with Crippen molar-refractivity contribution in [1.29, 1.82) is 0 Å². The summed E-state index contributed by atoms with van der Waals surface area (Å²) in [5.74, 6) is -1.76. The summed E-state index contributed by atoms with van der Waals surface area (Å²) in [5.41, 5.74) is 1.15. The Morgan fingerprint density at radius 2 is 2.05 bits per heavy atom. The average molecular weight is 282 g/mol. The topological polar surface area (TPSA) is 69.6 Å². The largest absolute Gasteiger partial charge is 0.480 e. The molecule has 0 spiro atoms. The van der Waals surface area contributed by atoms with E-state index in [1.165, 1.54) is 17.0 Å². The summed E-state index contributed by atoms with van der Waals surface area (Å²) in [4.78, 5) is 24.1. The van der Waals surface area contributed by atoms with E-state index in [2.05, 4.69) is 5.32 Å². The maximum atomic E-state index is 13.1. The highest BCUT2D eigenvalue weighted by Gasteiger charge is 2.14. The molecule has 20 heavy (non-hydrogen) atoms. The number of amides is 1. The van der Waals surface area contributed by atoms with E-state index in [1.54, 1.807) is 13.0 Å². The van der Waals surface area contributed by atoms with Gasteiger partial charge in [0.25, 0.3) is 0 Å². The summed E-state index contributed by atoms with van der Waals surface area (Å²) in [5, 5.41) is 11.4. The van der Waals surface area contributed by atoms with Crippen LogP contribution < -0.4 is 5.32 Å². The fourth-order valence-corrected chi connectivity index (χ4v) is 1.84. The number of benzene rings is 1. The van der Waals surface area contributed by atoms with Crippen LogP contribution in [0.15, 0.2) is 18.2 Å². The van der Waals surface area contributed by atoms with E-state index in [0.29, 0.717) is 12.2 Å². The van der Waals surface area contributed by atoms with Gasteiger partial charge in [0.1, 0.15) is 5.82 Å². The molecular formula is C14H19FN2O3. The second kappa shape index (κ2) is 7.59. The Balaban J connectivity index is 2.65. The monoisotopic (exact) mass is 282 g/mol. The fourth-order valence-electron chi connectivity index (χ4n) is 1.84. The molecule has 0 bridgehead atoms. The lowest BCUT2D eigenvalue weighted by molar-refractivity contribution is -0.138. The molecule has 6 heteroatoms. The zero-order valence-electron chi connectivity index (χ0n) is 11.6. The van der Waals surface area contributed by atoms with Gasteiger partial charge in [-0.05, 0) is 37.6 Å². The predicted octanol–water partition coefficient (Wildman–Crippen LogP) is 1.87. The molecule has 1 amide bonds. The van der Waals surface area contributed by atoms with Crippen molar-refractivity contribution in [2.24, 2.45) is 0 Å². The zero-order chi connectivity index (χ0) is 15.1. The van der Waals surface area contributed by atoms with Gasteiger partial charge in [0.15, 0.2) is 0 Å². The van der Waals surface area contributed by atoms with Gasteiger partial charge in [0.2, 0.25) is 5.91 Å². The van der Waals surface area contributed by atoms with Crippen LogP contribution in [0.1, 0.15) is 18.9 Å². The van der Waals surface area contributed by atoms with Crippen molar-refractivity contribution in [2.45, 2.75) is 20.3 Å².